The van der Waals surface area contributed by atoms with Crippen LogP contribution in [-0.2, 0) is 21.4 Å². The van der Waals surface area contributed by atoms with Gasteiger partial charge in [-0.2, -0.15) is 0 Å². The zero-order chi connectivity index (χ0) is 24.7. The van der Waals surface area contributed by atoms with Crippen LogP contribution in [0.4, 0.5) is 5.69 Å². The van der Waals surface area contributed by atoms with E-state index in [4.69, 9.17) is 4.74 Å². The second-order valence-electron chi connectivity index (χ2n) is 8.48. The van der Waals surface area contributed by atoms with Gasteiger partial charge in [0.2, 0.25) is 0 Å². The Bertz CT molecular complexity index is 1430. The lowest BCUT2D eigenvalue weighted by atomic mass is 9.93. The van der Waals surface area contributed by atoms with Gasteiger partial charge >= 0.3 is 5.97 Å². The van der Waals surface area contributed by atoms with Crippen molar-refractivity contribution in [2.24, 2.45) is 7.05 Å². The first kappa shape index (κ1) is 23.0. The number of nitrogens with zero attached hydrogens (tertiary/aromatic N) is 2. The Hall–Kier alpha value is -4.19. The van der Waals surface area contributed by atoms with Crippen LogP contribution >= 0.6 is 0 Å². The quantitative estimate of drug-likeness (QED) is 0.233. The normalized spacial score (nSPS) is 15.2. The van der Waals surface area contributed by atoms with Crippen molar-refractivity contribution in [2.75, 3.05) is 4.90 Å². The van der Waals surface area contributed by atoms with Gasteiger partial charge in [-0.25, -0.2) is 9.69 Å². The number of fused-ring (bicyclic) bond motifs is 1. The van der Waals surface area contributed by atoms with Crippen molar-refractivity contribution in [3.8, 4) is 5.75 Å². The monoisotopic (exact) mass is 454 g/mol. The van der Waals surface area contributed by atoms with Crippen LogP contribution in [0.3, 0.4) is 0 Å². The summed E-state index contributed by atoms with van der Waals surface area (Å²) in [5.41, 5.74) is 5.81. The highest BCUT2D eigenvalue weighted by Crippen LogP contribution is 2.40. The van der Waals surface area contributed by atoms with Gasteiger partial charge in [-0.05, 0) is 63.6 Å². The minimum Gasteiger partial charge on any atom is -0.423 e. The molecule has 1 aromatic heterocycles. The number of rotatable bonds is 4. The molecule has 2 heterocycles. The first-order valence-corrected chi connectivity index (χ1v) is 10.9. The van der Waals surface area contributed by atoms with E-state index in [1.165, 1.54) is 4.90 Å². The highest BCUT2D eigenvalue weighted by molar-refractivity contribution is 6.39. The molecule has 0 aliphatic carbocycles. The summed E-state index contributed by atoms with van der Waals surface area (Å²) >= 11 is 0. The Kier molecular flexibility index (Phi) is 5.83. The summed E-state index contributed by atoms with van der Waals surface area (Å²) in [6, 6.07) is 14.3. The van der Waals surface area contributed by atoms with Crippen LogP contribution in [0.5, 0.6) is 5.75 Å². The molecule has 0 N–H and O–H groups in total. The van der Waals surface area contributed by atoms with Crippen molar-refractivity contribution < 1.29 is 19.1 Å². The van der Waals surface area contributed by atoms with Crippen molar-refractivity contribution >= 4 is 39.9 Å². The van der Waals surface area contributed by atoms with Crippen molar-refractivity contribution in [3.05, 3.63) is 89.2 Å². The average molecular weight is 455 g/mol. The number of para-hydroxylation sites is 1. The van der Waals surface area contributed by atoms with Crippen LogP contribution in [0, 0.1) is 6.92 Å². The number of imide groups is 1. The molecule has 0 saturated carbocycles. The van der Waals surface area contributed by atoms with Crippen LogP contribution in [-0.4, -0.2) is 22.4 Å². The molecule has 0 atom stereocenters. The number of esters is 1. The SMILES string of the molecule is C=CC(=O)Oc1ccc(N2C(=O)C(=C(C)C)/C(=C(/C)c3c(C)n(C)c4ccccc34)C2=O)cc1. The summed E-state index contributed by atoms with van der Waals surface area (Å²) < 4.78 is 7.20. The number of ether oxygens (including phenoxy) is 1. The fourth-order valence-corrected chi connectivity index (χ4v) is 4.52. The van der Waals surface area contributed by atoms with Gasteiger partial charge in [-0.15, -0.1) is 0 Å². The molecule has 6 heteroatoms. The van der Waals surface area contributed by atoms with Gasteiger partial charge in [0.1, 0.15) is 5.75 Å². The predicted molar refractivity (Wildman–Crippen MR) is 133 cm³/mol. The summed E-state index contributed by atoms with van der Waals surface area (Å²) in [7, 11) is 2.00. The standard InChI is InChI=1S/C28H26N2O4/c1-7-23(31)34-20-14-12-19(13-15-20)30-27(32)24(16(2)3)26(28(30)33)17(4)25-18(5)29(6)22-11-9-8-10-21(22)25/h7-15H,1H2,2-6H3/b26-17+. The number of aromatic nitrogens is 1. The van der Waals surface area contributed by atoms with Gasteiger partial charge < -0.3 is 9.30 Å². The van der Waals surface area contributed by atoms with Crippen LogP contribution in [0.1, 0.15) is 32.0 Å². The molecular formula is C28H26N2O4. The summed E-state index contributed by atoms with van der Waals surface area (Å²) in [5, 5.41) is 1.03. The number of amides is 2. The second kappa shape index (κ2) is 8.63. The Labute approximate surface area is 198 Å². The lowest BCUT2D eigenvalue weighted by molar-refractivity contribution is -0.129. The van der Waals surface area contributed by atoms with Crippen LogP contribution in [0.15, 0.2) is 77.9 Å². The molecule has 1 aliphatic heterocycles. The van der Waals surface area contributed by atoms with E-state index < -0.39 is 5.97 Å². The van der Waals surface area contributed by atoms with E-state index in [9.17, 15) is 14.4 Å². The predicted octanol–water partition coefficient (Wildman–Crippen LogP) is 5.26. The number of aryl methyl sites for hydroxylation is 1. The van der Waals surface area contributed by atoms with Crippen LogP contribution < -0.4 is 9.64 Å². The molecule has 34 heavy (non-hydrogen) atoms. The number of carbonyl (C=O) groups is 3. The maximum atomic E-state index is 13.7. The van der Waals surface area contributed by atoms with Crippen molar-refractivity contribution in [1.82, 2.24) is 4.57 Å². The lowest BCUT2D eigenvalue weighted by Gasteiger charge is -2.14. The maximum Gasteiger partial charge on any atom is 0.335 e. The Morgan fingerprint density at radius 3 is 2.18 bits per heavy atom. The van der Waals surface area contributed by atoms with E-state index in [0.29, 0.717) is 22.6 Å². The first-order valence-electron chi connectivity index (χ1n) is 10.9. The smallest absolute Gasteiger partial charge is 0.335 e. The average Bonchev–Trinajstić information content (AvgIpc) is 3.23. The van der Waals surface area contributed by atoms with Gasteiger partial charge in [0.05, 0.1) is 16.8 Å². The number of carbonyl (C=O) groups excluding carboxylic acids is 3. The first-order chi connectivity index (χ1) is 16.2. The van der Waals surface area contributed by atoms with E-state index in [1.807, 2.05) is 59.0 Å². The van der Waals surface area contributed by atoms with E-state index in [2.05, 4.69) is 11.1 Å². The Morgan fingerprint density at radius 2 is 1.56 bits per heavy atom. The number of hydrogen-bond acceptors (Lipinski definition) is 4. The molecular weight excluding hydrogens is 428 g/mol. The van der Waals surface area contributed by atoms with Crippen molar-refractivity contribution in [3.63, 3.8) is 0 Å². The largest absolute Gasteiger partial charge is 0.423 e. The van der Waals surface area contributed by atoms with E-state index >= 15 is 0 Å². The number of anilines is 1. The van der Waals surface area contributed by atoms with Crippen molar-refractivity contribution in [1.29, 1.82) is 0 Å². The van der Waals surface area contributed by atoms with E-state index in [-0.39, 0.29) is 11.8 Å². The fourth-order valence-electron chi connectivity index (χ4n) is 4.52. The molecule has 0 bridgehead atoms. The molecule has 6 nitrogen and oxygen atoms in total. The third kappa shape index (κ3) is 3.57. The molecule has 2 aromatic carbocycles. The zero-order valence-corrected chi connectivity index (χ0v) is 19.9. The van der Waals surface area contributed by atoms with Gasteiger partial charge in [0.25, 0.3) is 11.8 Å². The molecule has 0 spiro atoms. The molecule has 0 radical (unpaired) electrons. The van der Waals surface area contributed by atoms with Gasteiger partial charge in [0, 0.05) is 35.3 Å². The molecule has 172 valence electrons. The van der Waals surface area contributed by atoms with Crippen molar-refractivity contribution in [2.45, 2.75) is 27.7 Å². The summed E-state index contributed by atoms with van der Waals surface area (Å²) in [5.74, 6) is -1.03. The van der Waals surface area contributed by atoms with Crippen LogP contribution in [0.2, 0.25) is 0 Å². The Balaban J connectivity index is 1.86. The van der Waals surface area contributed by atoms with E-state index in [0.717, 1.165) is 39.4 Å². The zero-order valence-electron chi connectivity index (χ0n) is 19.9. The highest BCUT2D eigenvalue weighted by Gasteiger charge is 2.42. The van der Waals surface area contributed by atoms with Gasteiger partial charge in [0.15, 0.2) is 0 Å². The van der Waals surface area contributed by atoms with Gasteiger partial charge in [-0.3, -0.25) is 9.59 Å². The summed E-state index contributed by atoms with van der Waals surface area (Å²) in [4.78, 5) is 39.8. The second-order valence-corrected chi connectivity index (χ2v) is 8.48. The summed E-state index contributed by atoms with van der Waals surface area (Å²) in [6.07, 6.45) is 1.07. The van der Waals surface area contributed by atoms with Crippen LogP contribution in [0.25, 0.3) is 16.5 Å². The fraction of sp³-hybridized carbons (Fsp3) is 0.179. The number of allylic oxidation sites excluding steroid dienone is 2. The summed E-state index contributed by atoms with van der Waals surface area (Å²) in [6.45, 7) is 11.0. The third-order valence-electron chi connectivity index (χ3n) is 6.21. The topological polar surface area (TPSA) is 68.6 Å². The number of benzene rings is 2. The molecule has 0 unspecified atom stereocenters. The molecule has 1 saturated heterocycles. The third-order valence-corrected chi connectivity index (χ3v) is 6.21. The maximum absolute atomic E-state index is 13.7. The van der Waals surface area contributed by atoms with Gasteiger partial charge in [-0.1, -0.05) is 30.4 Å². The molecule has 1 aliphatic rings. The molecule has 4 rings (SSSR count). The highest BCUT2D eigenvalue weighted by atomic mass is 16.5. The number of hydrogen-bond donors (Lipinski definition) is 0. The molecule has 2 amide bonds. The molecule has 3 aromatic rings. The Morgan fingerprint density at radius 1 is 0.941 bits per heavy atom. The minimum absolute atomic E-state index is 0.300. The lowest BCUT2D eigenvalue weighted by Crippen LogP contribution is -2.29. The minimum atomic E-state index is -0.584. The van der Waals surface area contributed by atoms with E-state index in [1.54, 1.807) is 24.3 Å². The molecule has 1 fully saturated rings.